The lowest BCUT2D eigenvalue weighted by Gasteiger charge is -2.27. The van der Waals surface area contributed by atoms with Gasteiger partial charge in [-0.25, -0.2) is 0 Å². The van der Waals surface area contributed by atoms with Crippen LogP contribution in [0.3, 0.4) is 0 Å². The van der Waals surface area contributed by atoms with Gasteiger partial charge in [0.05, 0.1) is 6.54 Å². The molecule has 0 bridgehead atoms. The van der Waals surface area contributed by atoms with E-state index in [1.807, 2.05) is 23.1 Å². The molecule has 20 heavy (non-hydrogen) atoms. The highest BCUT2D eigenvalue weighted by Gasteiger charge is 2.19. The van der Waals surface area contributed by atoms with Crippen LogP contribution in [0.5, 0.6) is 0 Å². The molecule has 0 saturated heterocycles. The molecule has 2 aromatic rings. The summed E-state index contributed by atoms with van der Waals surface area (Å²) in [7, 11) is 0. The van der Waals surface area contributed by atoms with Crippen molar-refractivity contribution < 1.29 is 0 Å². The highest BCUT2D eigenvalue weighted by Crippen LogP contribution is 2.29. The Morgan fingerprint density at radius 2 is 1.90 bits per heavy atom. The van der Waals surface area contributed by atoms with Crippen molar-refractivity contribution in [2.24, 2.45) is 5.41 Å². The maximum Gasteiger partial charge on any atom is 0.0534 e. The zero-order chi connectivity index (χ0) is 14.4. The summed E-state index contributed by atoms with van der Waals surface area (Å²) in [6.45, 7) is 8.70. The van der Waals surface area contributed by atoms with Crippen LogP contribution in [0.25, 0.3) is 0 Å². The molecule has 2 rings (SSSR count). The summed E-state index contributed by atoms with van der Waals surface area (Å²) in [5, 5.41) is 7.91. The van der Waals surface area contributed by atoms with E-state index in [-0.39, 0.29) is 0 Å². The van der Waals surface area contributed by atoms with Gasteiger partial charge >= 0.3 is 0 Å². The van der Waals surface area contributed by atoms with Gasteiger partial charge in [0.25, 0.3) is 0 Å². The fraction of sp³-hybridized carbons (Fsp3) is 0.471. The maximum atomic E-state index is 4.24. The number of rotatable bonds is 6. The molecule has 0 radical (unpaired) electrons. The minimum Gasteiger partial charge on any atom is -0.308 e. The van der Waals surface area contributed by atoms with E-state index in [9.17, 15) is 0 Å². The molecule has 0 aliphatic rings. The van der Waals surface area contributed by atoms with Crippen molar-refractivity contribution in [2.75, 3.05) is 6.54 Å². The van der Waals surface area contributed by atoms with Crippen LogP contribution >= 0.6 is 0 Å². The second kappa shape index (κ2) is 6.71. The monoisotopic (exact) mass is 271 g/mol. The van der Waals surface area contributed by atoms with Crippen molar-refractivity contribution in [3.63, 3.8) is 0 Å². The van der Waals surface area contributed by atoms with Crippen molar-refractivity contribution in [1.82, 2.24) is 15.1 Å². The maximum absolute atomic E-state index is 4.24. The summed E-state index contributed by atoms with van der Waals surface area (Å²) < 4.78 is 1.96. The lowest BCUT2D eigenvalue weighted by molar-refractivity contribution is 0.308. The van der Waals surface area contributed by atoms with E-state index in [1.54, 1.807) is 0 Å². The molecule has 3 heteroatoms. The largest absolute Gasteiger partial charge is 0.308 e. The van der Waals surface area contributed by atoms with Crippen LogP contribution in [0.15, 0.2) is 48.8 Å². The summed E-state index contributed by atoms with van der Waals surface area (Å²) >= 11 is 0. The second-order valence-electron chi connectivity index (χ2n) is 6.45. The molecule has 1 atom stereocenters. The standard InChI is InChI=1S/C17H25N3/c1-17(2,3)14-16(15-8-5-4-6-9-15)18-11-13-20-12-7-10-19-20/h4-10,12,16,18H,11,13-14H2,1-3H3. The molecule has 0 saturated carbocycles. The molecular formula is C17H25N3. The van der Waals surface area contributed by atoms with Gasteiger partial charge in [0.1, 0.15) is 0 Å². The van der Waals surface area contributed by atoms with E-state index in [0.717, 1.165) is 19.5 Å². The zero-order valence-electron chi connectivity index (χ0n) is 12.7. The summed E-state index contributed by atoms with van der Waals surface area (Å²) in [5.41, 5.74) is 1.67. The topological polar surface area (TPSA) is 29.9 Å². The van der Waals surface area contributed by atoms with E-state index in [0.29, 0.717) is 11.5 Å². The molecule has 0 fully saturated rings. The molecule has 1 heterocycles. The Bertz CT molecular complexity index is 483. The van der Waals surface area contributed by atoms with Crippen molar-refractivity contribution in [1.29, 1.82) is 0 Å². The van der Waals surface area contributed by atoms with Gasteiger partial charge in [0, 0.05) is 25.0 Å². The third-order valence-corrected chi connectivity index (χ3v) is 3.31. The van der Waals surface area contributed by atoms with E-state index in [1.165, 1.54) is 5.56 Å². The Labute approximate surface area is 122 Å². The van der Waals surface area contributed by atoms with Crippen LogP contribution in [0.4, 0.5) is 0 Å². The van der Waals surface area contributed by atoms with Crippen LogP contribution in [-0.2, 0) is 6.54 Å². The minimum atomic E-state index is 0.305. The minimum absolute atomic E-state index is 0.305. The molecule has 0 spiro atoms. The second-order valence-corrected chi connectivity index (χ2v) is 6.45. The fourth-order valence-electron chi connectivity index (χ4n) is 2.39. The third kappa shape index (κ3) is 4.82. The summed E-state index contributed by atoms with van der Waals surface area (Å²) in [4.78, 5) is 0. The van der Waals surface area contributed by atoms with Gasteiger partial charge in [0.15, 0.2) is 0 Å². The van der Waals surface area contributed by atoms with Gasteiger partial charge in [-0.3, -0.25) is 4.68 Å². The van der Waals surface area contributed by atoms with Gasteiger partial charge in [0.2, 0.25) is 0 Å². The molecule has 0 aliphatic heterocycles. The van der Waals surface area contributed by atoms with Crippen LogP contribution in [0.1, 0.15) is 38.8 Å². The van der Waals surface area contributed by atoms with Crippen LogP contribution in [0.2, 0.25) is 0 Å². The number of hydrogen-bond acceptors (Lipinski definition) is 2. The van der Waals surface area contributed by atoms with Crippen molar-refractivity contribution >= 4 is 0 Å². The van der Waals surface area contributed by atoms with Gasteiger partial charge in [-0.2, -0.15) is 5.10 Å². The van der Waals surface area contributed by atoms with Crippen molar-refractivity contribution in [3.8, 4) is 0 Å². The first kappa shape index (κ1) is 14.8. The molecule has 1 aromatic carbocycles. The smallest absolute Gasteiger partial charge is 0.0534 e. The third-order valence-electron chi connectivity index (χ3n) is 3.31. The quantitative estimate of drug-likeness (QED) is 0.869. The van der Waals surface area contributed by atoms with Crippen molar-refractivity contribution in [3.05, 3.63) is 54.4 Å². The lowest BCUT2D eigenvalue weighted by atomic mass is 9.85. The number of aromatic nitrogens is 2. The molecule has 108 valence electrons. The first-order valence-corrected chi connectivity index (χ1v) is 7.30. The molecular weight excluding hydrogens is 246 g/mol. The first-order valence-electron chi connectivity index (χ1n) is 7.30. The van der Waals surface area contributed by atoms with Crippen molar-refractivity contribution in [2.45, 2.75) is 39.8 Å². The number of nitrogens with zero attached hydrogens (tertiary/aromatic N) is 2. The Hall–Kier alpha value is -1.61. The SMILES string of the molecule is CC(C)(C)CC(NCCn1cccn1)c1ccccc1. The Morgan fingerprint density at radius 1 is 1.15 bits per heavy atom. The van der Waals surface area contributed by atoms with Gasteiger partial charge in [-0.15, -0.1) is 0 Å². The predicted octanol–water partition coefficient (Wildman–Crippen LogP) is 3.65. The number of hydrogen-bond donors (Lipinski definition) is 1. The van der Waals surface area contributed by atoms with Crippen LogP contribution in [-0.4, -0.2) is 16.3 Å². The highest BCUT2D eigenvalue weighted by atomic mass is 15.3. The normalized spacial score (nSPS) is 13.3. The van der Waals surface area contributed by atoms with Gasteiger partial charge < -0.3 is 5.32 Å². The molecule has 1 N–H and O–H groups in total. The number of nitrogens with one attached hydrogen (secondary N) is 1. The van der Waals surface area contributed by atoms with Gasteiger partial charge in [-0.05, 0) is 23.5 Å². The zero-order valence-corrected chi connectivity index (χ0v) is 12.7. The molecule has 3 nitrogen and oxygen atoms in total. The Morgan fingerprint density at radius 3 is 2.50 bits per heavy atom. The van der Waals surface area contributed by atoms with Gasteiger partial charge in [-0.1, -0.05) is 51.1 Å². The Kier molecular flexibility index (Phi) is 4.96. The van der Waals surface area contributed by atoms with E-state index < -0.39 is 0 Å². The average molecular weight is 271 g/mol. The predicted molar refractivity (Wildman–Crippen MR) is 83.5 cm³/mol. The van der Waals surface area contributed by atoms with Crippen LogP contribution < -0.4 is 5.32 Å². The van der Waals surface area contributed by atoms with E-state index in [2.05, 4.69) is 61.5 Å². The molecule has 1 aromatic heterocycles. The summed E-state index contributed by atoms with van der Waals surface area (Å²) in [5.74, 6) is 0. The van der Waals surface area contributed by atoms with E-state index in [4.69, 9.17) is 0 Å². The van der Waals surface area contributed by atoms with E-state index >= 15 is 0 Å². The molecule has 0 aliphatic carbocycles. The van der Waals surface area contributed by atoms with Crippen LogP contribution in [0, 0.1) is 5.41 Å². The summed E-state index contributed by atoms with van der Waals surface area (Å²) in [6.07, 6.45) is 4.95. The fourth-order valence-corrected chi connectivity index (χ4v) is 2.39. The molecule has 1 unspecified atom stereocenters. The average Bonchev–Trinajstić information content (AvgIpc) is 2.90. The lowest BCUT2D eigenvalue weighted by Crippen LogP contribution is -2.28. The first-order chi connectivity index (χ1) is 9.54. The molecule has 0 amide bonds. The highest BCUT2D eigenvalue weighted by molar-refractivity contribution is 5.19. The number of benzene rings is 1. The summed E-state index contributed by atoms with van der Waals surface area (Å²) in [6, 6.07) is 13.1. The Balaban J connectivity index is 1.96.